The van der Waals surface area contributed by atoms with E-state index < -0.39 is 0 Å². The van der Waals surface area contributed by atoms with E-state index in [1.165, 1.54) is 0 Å². The maximum absolute atomic E-state index is 12.5. The third-order valence-electron chi connectivity index (χ3n) is 5.06. The Morgan fingerprint density at radius 1 is 1.09 bits per heavy atom. The Labute approximate surface area is 187 Å². The van der Waals surface area contributed by atoms with Crippen LogP contribution in [0.3, 0.4) is 0 Å². The number of nitrogens with one attached hydrogen (secondary N) is 1. The van der Waals surface area contributed by atoms with Crippen molar-refractivity contribution in [1.29, 1.82) is 0 Å². The van der Waals surface area contributed by atoms with Crippen molar-refractivity contribution in [3.8, 4) is 11.5 Å². The molecule has 7 heteroatoms. The van der Waals surface area contributed by atoms with Gasteiger partial charge in [-0.05, 0) is 50.1 Å². The summed E-state index contributed by atoms with van der Waals surface area (Å²) in [5, 5.41) is 2.95. The number of para-hydroxylation sites is 1. The monoisotopic (exact) mass is 427 g/mol. The second-order valence-corrected chi connectivity index (χ2v) is 7.92. The van der Waals surface area contributed by atoms with E-state index in [-0.39, 0.29) is 5.91 Å². The van der Waals surface area contributed by atoms with Crippen LogP contribution in [0.25, 0.3) is 0 Å². The molecule has 0 aliphatic carbocycles. The molecule has 32 heavy (non-hydrogen) atoms. The summed E-state index contributed by atoms with van der Waals surface area (Å²) in [6.07, 6.45) is 6.10. The molecule has 1 aliphatic heterocycles. The van der Waals surface area contributed by atoms with Crippen LogP contribution in [-0.4, -0.2) is 35.7 Å². The molecule has 1 amide bonds. The summed E-state index contributed by atoms with van der Waals surface area (Å²) in [5.74, 6) is 1.67. The third kappa shape index (κ3) is 4.67. The average molecular weight is 428 g/mol. The number of carbonyl (C=O) groups is 1. The number of rotatable bonds is 5. The minimum absolute atomic E-state index is 0.175. The van der Waals surface area contributed by atoms with E-state index >= 15 is 0 Å². The highest BCUT2D eigenvalue weighted by Gasteiger charge is 2.20. The highest BCUT2D eigenvalue weighted by molar-refractivity contribution is 6.08. The van der Waals surface area contributed by atoms with Crippen LogP contribution >= 0.6 is 0 Å². The number of hydrogen-bond acceptors (Lipinski definition) is 6. The number of aromatic nitrogens is 2. The molecule has 0 bridgehead atoms. The highest BCUT2D eigenvalue weighted by Crippen LogP contribution is 2.36. The van der Waals surface area contributed by atoms with Gasteiger partial charge in [0.1, 0.15) is 5.75 Å². The van der Waals surface area contributed by atoms with Crippen LogP contribution in [0.5, 0.6) is 11.5 Å². The quantitative estimate of drug-likeness (QED) is 0.589. The molecule has 0 fully saturated rings. The lowest BCUT2D eigenvalue weighted by Crippen LogP contribution is -2.13. The molecule has 1 aromatic heterocycles. The van der Waals surface area contributed by atoms with E-state index in [4.69, 9.17) is 4.74 Å². The molecule has 2 aromatic carbocycles. The van der Waals surface area contributed by atoms with Crippen molar-refractivity contribution in [3.05, 3.63) is 83.3 Å². The number of aliphatic imine (C=N–C) groups is 1. The first-order valence-electron chi connectivity index (χ1n) is 10.3. The van der Waals surface area contributed by atoms with Gasteiger partial charge in [-0.2, -0.15) is 0 Å². The molecule has 1 N–H and O–H groups in total. The third-order valence-corrected chi connectivity index (χ3v) is 5.06. The van der Waals surface area contributed by atoms with Crippen molar-refractivity contribution >= 4 is 23.3 Å². The molecule has 3 aromatic rings. The number of fused-ring (bicyclic) bond motifs is 2. The van der Waals surface area contributed by atoms with Crippen molar-refractivity contribution in [2.75, 3.05) is 24.3 Å². The SMILES string of the molecule is C/C(=C\N=C(/C)c1cnc(N(C)C)nc1)Cc1ccc2c(c1)NC(=O)c1ccccc1O2. The van der Waals surface area contributed by atoms with Crippen LogP contribution in [-0.2, 0) is 6.42 Å². The van der Waals surface area contributed by atoms with Crippen molar-refractivity contribution in [3.63, 3.8) is 0 Å². The molecular weight excluding hydrogens is 402 g/mol. The first kappa shape index (κ1) is 21.2. The summed E-state index contributed by atoms with van der Waals surface area (Å²) in [6, 6.07) is 13.1. The van der Waals surface area contributed by atoms with E-state index in [1.54, 1.807) is 24.5 Å². The Kier molecular flexibility index (Phi) is 5.98. The zero-order valence-corrected chi connectivity index (χ0v) is 18.6. The van der Waals surface area contributed by atoms with Crippen molar-refractivity contribution < 1.29 is 9.53 Å². The van der Waals surface area contributed by atoms with Crippen LogP contribution in [0.4, 0.5) is 11.6 Å². The maximum Gasteiger partial charge on any atom is 0.259 e. The summed E-state index contributed by atoms with van der Waals surface area (Å²) in [4.78, 5) is 27.6. The fourth-order valence-electron chi connectivity index (χ4n) is 3.31. The maximum atomic E-state index is 12.5. The predicted molar refractivity (Wildman–Crippen MR) is 127 cm³/mol. The number of nitrogens with zero attached hydrogens (tertiary/aromatic N) is 4. The van der Waals surface area contributed by atoms with Gasteiger partial charge in [0.05, 0.1) is 11.3 Å². The van der Waals surface area contributed by atoms with Crippen molar-refractivity contribution in [1.82, 2.24) is 9.97 Å². The molecule has 7 nitrogen and oxygen atoms in total. The normalized spacial score (nSPS) is 13.4. The van der Waals surface area contributed by atoms with Gasteiger partial charge >= 0.3 is 0 Å². The minimum atomic E-state index is -0.175. The number of ether oxygens (including phenoxy) is 1. The van der Waals surface area contributed by atoms with E-state index in [1.807, 2.05) is 69.4 Å². The first-order chi connectivity index (χ1) is 15.4. The van der Waals surface area contributed by atoms with Gasteiger partial charge in [-0.3, -0.25) is 9.79 Å². The average Bonchev–Trinajstić information content (AvgIpc) is 2.93. The van der Waals surface area contributed by atoms with Crippen LogP contribution in [0.1, 0.15) is 35.3 Å². The lowest BCUT2D eigenvalue weighted by Gasteiger charge is -2.10. The molecule has 162 valence electrons. The Bertz CT molecular complexity index is 1210. The summed E-state index contributed by atoms with van der Waals surface area (Å²) in [6.45, 7) is 3.96. The zero-order valence-electron chi connectivity index (χ0n) is 18.6. The minimum Gasteiger partial charge on any atom is -0.454 e. The van der Waals surface area contributed by atoms with Gasteiger partial charge in [0, 0.05) is 44.0 Å². The fraction of sp³-hybridized carbons (Fsp3) is 0.200. The summed E-state index contributed by atoms with van der Waals surface area (Å²) in [5.41, 5.74) is 5.04. The molecule has 4 rings (SSSR count). The molecule has 0 saturated carbocycles. The number of anilines is 2. The Morgan fingerprint density at radius 3 is 2.59 bits per heavy atom. The predicted octanol–water partition coefficient (Wildman–Crippen LogP) is 4.86. The number of hydrogen-bond donors (Lipinski definition) is 1. The zero-order chi connectivity index (χ0) is 22.7. The van der Waals surface area contributed by atoms with Gasteiger partial charge in [-0.15, -0.1) is 0 Å². The molecule has 0 atom stereocenters. The van der Waals surface area contributed by atoms with Crippen LogP contribution < -0.4 is 15.0 Å². The summed E-state index contributed by atoms with van der Waals surface area (Å²) in [7, 11) is 3.81. The van der Waals surface area contributed by atoms with Gasteiger partial charge in [-0.1, -0.05) is 23.8 Å². The molecule has 0 saturated heterocycles. The lowest BCUT2D eigenvalue weighted by atomic mass is 10.1. The molecule has 2 heterocycles. The summed E-state index contributed by atoms with van der Waals surface area (Å²) < 4.78 is 5.95. The number of allylic oxidation sites excluding steroid dienone is 1. The molecule has 0 spiro atoms. The van der Waals surface area contributed by atoms with Crippen molar-refractivity contribution in [2.45, 2.75) is 20.3 Å². The van der Waals surface area contributed by atoms with Crippen LogP contribution in [0.15, 0.2) is 71.6 Å². The molecule has 1 aliphatic rings. The second-order valence-electron chi connectivity index (χ2n) is 7.92. The first-order valence-corrected chi connectivity index (χ1v) is 10.3. The van der Waals surface area contributed by atoms with E-state index in [0.717, 1.165) is 22.4 Å². The fourth-order valence-corrected chi connectivity index (χ4v) is 3.31. The largest absolute Gasteiger partial charge is 0.454 e. The van der Waals surface area contributed by atoms with Gasteiger partial charge in [-0.25, -0.2) is 9.97 Å². The topological polar surface area (TPSA) is 79.7 Å². The second kappa shape index (κ2) is 9.01. The van der Waals surface area contributed by atoms with Gasteiger partial charge in [0.25, 0.3) is 5.91 Å². The Morgan fingerprint density at radius 2 is 1.84 bits per heavy atom. The van der Waals surface area contributed by atoms with E-state index in [0.29, 0.717) is 35.1 Å². The Hall–Kier alpha value is -4.00. The van der Waals surface area contributed by atoms with Gasteiger partial charge in [0.15, 0.2) is 5.75 Å². The smallest absolute Gasteiger partial charge is 0.259 e. The summed E-state index contributed by atoms with van der Waals surface area (Å²) >= 11 is 0. The van der Waals surface area contributed by atoms with E-state index in [2.05, 4.69) is 20.3 Å². The number of amides is 1. The van der Waals surface area contributed by atoms with Crippen molar-refractivity contribution in [2.24, 2.45) is 4.99 Å². The Balaban J connectivity index is 1.48. The van der Waals surface area contributed by atoms with E-state index in [9.17, 15) is 4.79 Å². The lowest BCUT2D eigenvalue weighted by molar-refractivity contribution is 0.102. The molecule has 0 radical (unpaired) electrons. The van der Waals surface area contributed by atoms with Crippen LogP contribution in [0.2, 0.25) is 0 Å². The standard InChI is InChI=1S/C25H25N5O2/c1-16(13-26-17(2)19-14-27-25(28-15-19)30(3)4)11-18-9-10-23-21(12-18)29-24(31)20-7-5-6-8-22(20)32-23/h5-10,12-15H,11H2,1-4H3,(H,29,31)/b16-13+,26-17+. The highest BCUT2D eigenvalue weighted by atomic mass is 16.5. The molecule has 0 unspecified atom stereocenters. The number of benzene rings is 2. The van der Waals surface area contributed by atoms with Gasteiger partial charge < -0.3 is 15.0 Å². The van der Waals surface area contributed by atoms with Gasteiger partial charge in [0.2, 0.25) is 5.95 Å². The number of carbonyl (C=O) groups excluding carboxylic acids is 1. The van der Waals surface area contributed by atoms with Crippen LogP contribution in [0, 0.1) is 0 Å². The molecular formula is C25H25N5O2.